The van der Waals surface area contributed by atoms with Crippen molar-refractivity contribution in [3.63, 3.8) is 0 Å². The van der Waals surface area contributed by atoms with Gasteiger partial charge in [-0.25, -0.2) is 0 Å². The largest absolute Gasteiger partial charge is 0.479 e. The molecule has 0 fully saturated rings. The molecule has 0 radical (unpaired) electrons. The van der Waals surface area contributed by atoms with Crippen molar-refractivity contribution >= 4 is 151 Å². The summed E-state index contributed by atoms with van der Waals surface area (Å²) in [6.07, 6.45) is 12.0. The van der Waals surface area contributed by atoms with Crippen molar-refractivity contribution in [1.29, 1.82) is 0 Å². The van der Waals surface area contributed by atoms with E-state index in [9.17, 15) is 28.8 Å². The molecule has 0 saturated carbocycles. The number of carbonyl (C=O) groups is 6. The van der Waals surface area contributed by atoms with Crippen molar-refractivity contribution in [2.45, 2.75) is 85.6 Å². The zero-order chi connectivity index (χ0) is 77.2. The molecule has 576 valence electrons. The van der Waals surface area contributed by atoms with Gasteiger partial charge in [0.15, 0.2) is 11.8 Å². The number of thiol groups is 1. The monoisotopic (exact) mass is 1770 g/mol. The van der Waals surface area contributed by atoms with Crippen molar-refractivity contribution < 1.29 is 79.1 Å². The fourth-order valence-electron chi connectivity index (χ4n) is 6.98. The Morgan fingerprint density at radius 1 is 0.440 bits per heavy atom. The zero-order valence-electron chi connectivity index (χ0n) is 60.0. The molecule has 0 aliphatic carbocycles. The molecule has 100 heavy (non-hydrogen) atoms. The number of allylic oxidation sites excluding steroid dienone is 3. The number of aliphatic imine (C=N–C) groups is 2. The highest BCUT2D eigenvalue weighted by molar-refractivity contribution is 9.09. The second-order valence-electron chi connectivity index (χ2n) is 20.1. The Morgan fingerprint density at radius 2 is 0.740 bits per heavy atom. The number of alkyl halides is 5. The van der Waals surface area contributed by atoms with Crippen LogP contribution in [0.5, 0.6) is 0 Å². The summed E-state index contributed by atoms with van der Waals surface area (Å²) in [6.45, 7) is 27.8. The number of hydrogen-bond acceptors (Lipinski definition) is 20. The predicted octanol–water partition coefficient (Wildman–Crippen LogP) is 7.70. The number of thioether (sulfide) groups is 1. The number of carbonyl (C=O) groups excluding carboxylic acids is 6. The maximum absolute atomic E-state index is 11.4. The molecule has 4 rings (SSSR count). The average Bonchev–Trinajstić information content (AvgIpc) is 0.982. The summed E-state index contributed by atoms with van der Waals surface area (Å²) >= 11 is 21.7. The average molecular weight is 1780 g/mol. The molecule has 0 unspecified atom stereocenters. The van der Waals surface area contributed by atoms with E-state index in [0.29, 0.717) is 84.3 Å². The second kappa shape index (κ2) is 80.6. The minimum absolute atomic E-state index is 0.00575. The van der Waals surface area contributed by atoms with Gasteiger partial charge < -0.3 is 79.7 Å². The van der Waals surface area contributed by atoms with E-state index in [4.69, 9.17) is 50.3 Å². The van der Waals surface area contributed by atoms with Crippen molar-refractivity contribution in [3.05, 3.63) is 120 Å². The van der Waals surface area contributed by atoms with Crippen LogP contribution in [0.15, 0.2) is 108 Å². The maximum Gasteiger partial charge on any atom is 0.219 e. The molecule has 0 spiro atoms. The number of amides is 6. The Balaban J connectivity index is -0.000000257. The van der Waals surface area contributed by atoms with Crippen molar-refractivity contribution in [2.24, 2.45) is 9.98 Å². The van der Waals surface area contributed by atoms with Crippen molar-refractivity contribution in [1.82, 2.24) is 29.4 Å². The van der Waals surface area contributed by atoms with Gasteiger partial charge >= 0.3 is 0 Å². The van der Waals surface area contributed by atoms with Gasteiger partial charge in [0.1, 0.15) is 13.2 Å². The third-order valence-corrected chi connectivity index (χ3v) is 15.9. The first kappa shape index (κ1) is 107. The Hall–Kier alpha value is -4.06. The quantitative estimate of drug-likeness (QED) is 0.0140. The molecule has 0 bridgehead atoms. The highest BCUT2D eigenvalue weighted by atomic mass is 79.9. The molecule has 2 heterocycles. The Morgan fingerprint density at radius 3 is 0.960 bits per heavy atom. The molecule has 2 aliphatic rings. The lowest BCUT2D eigenvalue weighted by Gasteiger charge is -2.21. The van der Waals surface area contributed by atoms with Crippen LogP contribution in [-0.2, 0) is 62.0 Å². The second-order valence-corrected chi connectivity index (χ2v) is 24.9. The first-order valence-electron chi connectivity index (χ1n) is 32.2. The van der Waals surface area contributed by atoms with Crippen LogP contribution in [0.3, 0.4) is 0 Å². The van der Waals surface area contributed by atoms with E-state index in [-0.39, 0.29) is 88.3 Å². The molecule has 31 heteroatoms. The number of aliphatic hydroxyl groups excluding tert-OH is 8. The summed E-state index contributed by atoms with van der Waals surface area (Å²) in [5.74, 6) is 3.52. The summed E-state index contributed by atoms with van der Waals surface area (Å²) < 4.78 is 9.81. The molecule has 2 aromatic rings. The smallest absolute Gasteiger partial charge is 0.219 e. The third kappa shape index (κ3) is 72.3. The fraction of sp³-hybridized carbons (Fsp3) is 0.594. The van der Waals surface area contributed by atoms with E-state index >= 15 is 0 Å². The molecular weight excluding hydrogens is 1660 g/mol. The summed E-state index contributed by atoms with van der Waals surface area (Å²) in [5, 5.41) is 73.7. The lowest BCUT2D eigenvalue weighted by Crippen LogP contribution is -2.33. The van der Waals surface area contributed by atoms with Gasteiger partial charge in [0.2, 0.25) is 35.4 Å². The topological polar surface area (TPSA) is 327 Å². The third-order valence-electron chi connectivity index (χ3n) is 12.1. The number of halogens is 5. The summed E-state index contributed by atoms with van der Waals surface area (Å²) in [4.78, 5) is 84.1. The summed E-state index contributed by atoms with van der Waals surface area (Å²) in [6, 6.07) is 16.1. The number of nitrogens with zero attached hydrogens (tertiary/aromatic N) is 8. The van der Waals surface area contributed by atoms with Gasteiger partial charge in [-0.2, -0.15) is 24.4 Å². The Labute approximate surface area is 648 Å². The molecule has 8 N–H and O–H groups in total. The fourth-order valence-corrected chi connectivity index (χ4v) is 8.92. The van der Waals surface area contributed by atoms with Gasteiger partial charge in [-0.1, -0.05) is 165 Å². The number of hydrogen-bond donors (Lipinski definition) is 9. The molecular formula is C69H117Br5N8O16S2. The molecule has 2 aromatic carbocycles. The van der Waals surface area contributed by atoms with Crippen LogP contribution < -0.4 is 0 Å². The highest BCUT2D eigenvalue weighted by Gasteiger charge is 2.12. The SMILES string of the molecule is BrC/C=C/CBr.BrCc1ccc(CBr)cc1.C=CCBr.C=CCN(CCO)C(C)=O.CC(=O)N(C/C=C/CN(CCO)C(C)=O)CCO.CC(=O)N(CCO)CCCSCCO.CC(=O)N(CCO)Cc1ccc(CN(CCO)C(C)=O)cc1.CC1=NCCO1.CC1=NCCO1.OCCS. The van der Waals surface area contributed by atoms with Gasteiger partial charge in [0.25, 0.3) is 0 Å². The van der Waals surface area contributed by atoms with E-state index in [1.165, 1.54) is 67.4 Å². The van der Waals surface area contributed by atoms with Crippen LogP contribution in [0.1, 0.15) is 84.1 Å². The maximum atomic E-state index is 11.4. The van der Waals surface area contributed by atoms with E-state index < -0.39 is 0 Å². The highest BCUT2D eigenvalue weighted by Crippen LogP contribution is 2.12. The number of ether oxygens (including phenoxy) is 2. The molecule has 0 atom stereocenters. The van der Waals surface area contributed by atoms with E-state index in [2.05, 4.69) is 152 Å². The molecule has 6 amide bonds. The molecule has 24 nitrogen and oxygen atoms in total. The summed E-state index contributed by atoms with van der Waals surface area (Å²) in [5.41, 5.74) is 4.57. The minimum Gasteiger partial charge on any atom is -0.479 e. The van der Waals surface area contributed by atoms with Gasteiger partial charge in [-0.05, 0) is 34.4 Å². The van der Waals surface area contributed by atoms with Crippen molar-refractivity contribution in [3.8, 4) is 0 Å². The molecule has 2 aliphatic heterocycles. The van der Waals surface area contributed by atoms with Gasteiger partial charge in [-0.3, -0.25) is 38.8 Å². The van der Waals surface area contributed by atoms with E-state index in [1.54, 1.807) is 50.8 Å². The first-order valence-corrected chi connectivity index (χ1v) is 39.6. The normalized spacial score (nSPS) is 11.1. The number of benzene rings is 2. The lowest BCUT2D eigenvalue weighted by atomic mass is 10.1. The molecule has 0 aromatic heterocycles. The predicted molar refractivity (Wildman–Crippen MR) is 430 cm³/mol. The van der Waals surface area contributed by atoms with E-state index in [1.807, 2.05) is 38.1 Å². The zero-order valence-corrected chi connectivity index (χ0v) is 69.6. The number of aliphatic hydroxyl groups is 8. The van der Waals surface area contributed by atoms with Gasteiger partial charge in [0, 0.05) is 172 Å². The van der Waals surface area contributed by atoms with Crippen LogP contribution in [0.25, 0.3) is 0 Å². The van der Waals surface area contributed by atoms with Crippen LogP contribution in [0.2, 0.25) is 0 Å². The lowest BCUT2D eigenvalue weighted by molar-refractivity contribution is -0.130. The van der Waals surface area contributed by atoms with Crippen LogP contribution in [0, 0.1) is 0 Å². The Bertz CT molecular complexity index is 2340. The van der Waals surface area contributed by atoms with Crippen LogP contribution in [-0.4, -0.2) is 295 Å². The van der Waals surface area contributed by atoms with Gasteiger partial charge in [-0.15, -0.1) is 13.2 Å². The Kier molecular flexibility index (Phi) is 86.2. The molecule has 0 saturated heterocycles. The standard InChI is InChI=1S/C16H24N2O4.C12H22N2O4.C9H19NO3S.C8H8Br2.C7H13NO2.C4H6Br2.2C4H7NO.C3H5Br.C2H6OS/c1-13(21)17(7-9-19)11-15-3-5-16(6-4-15)12-18(8-10-20)14(2)22;1-11(17)13(7-9-15)5-3-4-6-14(8-10-16)12(2)18;1-9(13)10(4-5-11)3-2-7-14-8-6-12;9-5-7-1-2-8(6-10)4-3-7;1-3-4-8(5-6-9)7(2)10;5-3-1-2-4-6;2*1-4-5-2-3-6-4;1-2-3-4;3-1-2-4/h3-6,19-20H,7-12H2,1-2H3;3-4,15-16H,5-10H2,1-2H3;11-12H,2-8H2,1H3;1-4H,5-6H2;3,9H,1,4-6H2,2H3;1-2H,3-4H2;2*2-3H2,1H3;2H,1,3H2;3-4H,1-2H2/b;4-3+;;;;2-1+;;;;. The first-order chi connectivity index (χ1) is 47.8. The van der Waals surface area contributed by atoms with Crippen LogP contribution >= 0.6 is 104 Å². The number of rotatable bonds is 34. The van der Waals surface area contributed by atoms with Crippen molar-refractivity contribution in [2.75, 3.05) is 178 Å². The van der Waals surface area contributed by atoms with E-state index in [0.717, 1.165) is 93.8 Å². The van der Waals surface area contributed by atoms with Gasteiger partial charge in [0.05, 0.1) is 65.9 Å². The summed E-state index contributed by atoms with van der Waals surface area (Å²) in [7, 11) is 0. The minimum atomic E-state index is -0.104. The van der Waals surface area contributed by atoms with Crippen LogP contribution in [0.4, 0.5) is 0 Å².